The smallest absolute Gasteiger partial charge is 0.253 e. The average molecular weight is 324 g/mol. The molecule has 0 aliphatic rings. The number of halogens is 1. The number of carbonyl (C=O) groups excluding carboxylic acids is 1. The molecule has 0 saturated carbocycles. The number of aliphatic hydroxyl groups is 1. The normalized spacial score (nSPS) is 13.7. The summed E-state index contributed by atoms with van der Waals surface area (Å²) in [6, 6.07) is 9.02. The van der Waals surface area contributed by atoms with Crippen molar-refractivity contribution in [3.8, 4) is 0 Å². The van der Waals surface area contributed by atoms with Crippen LogP contribution in [0.4, 0.5) is 0 Å². The topological polar surface area (TPSA) is 49.3 Å². The van der Waals surface area contributed by atoms with Crippen LogP contribution < -0.4 is 5.32 Å². The molecule has 2 aromatic rings. The highest BCUT2D eigenvalue weighted by atomic mass is 35.5. The summed E-state index contributed by atoms with van der Waals surface area (Å²) in [6.45, 7) is 3.74. The van der Waals surface area contributed by atoms with Gasteiger partial charge in [-0.1, -0.05) is 29.8 Å². The first-order chi connectivity index (χ1) is 9.99. The second kappa shape index (κ2) is 7.07. The van der Waals surface area contributed by atoms with Crippen LogP contribution in [0.1, 0.15) is 40.2 Å². The standard InChI is InChI=1S/C16H18ClNO2S/c1-10-5-3-6-12(15(10)17)16(20)18-11(2)9-13(19)14-7-4-8-21-14/h3-8,11,13,19H,9H2,1-2H3,(H,18,20). The van der Waals surface area contributed by atoms with Crippen LogP contribution in [-0.2, 0) is 0 Å². The van der Waals surface area contributed by atoms with Crippen LogP contribution in [0.2, 0.25) is 5.02 Å². The summed E-state index contributed by atoms with van der Waals surface area (Å²) in [5.41, 5.74) is 1.34. The minimum Gasteiger partial charge on any atom is -0.387 e. The zero-order valence-corrected chi connectivity index (χ0v) is 13.5. The molecule has 2 N–H and O–H groups in total. The number of hydrogen-bond acceptors (Lipinski definition) is 3. The quantitative estimate of drug-likeness (QED) is 0.875. The van der Waals surface area contributed by atoms with Gasteiger partial charge in [0.1, 0.15) is 0 Å². The van der Waals surface area contributed by atoms with E-state index in [0.29, 0.717) is 17.0 Å². The Balaban J connectivity index is 1.97. The van der Waals surface area contributed by atoms with Gasteiger partial charge in [-0.2, -0.15) is 0 Å². The maximum absolute atomic E-state index is 12.2. The Bertz CT molecular complexity index is 613. The molecule has 1 amide bonds. The lowest BCUT2D eigenvalue weighted by Gasteiger charge is -2.18. The predicted octanol–water partition coefficient (Wildman–Crippen LogP) is 3.95. The van der Waals surface area contributed by atoms with Crippen molar-refractivity contribution in [1.29, 1.82) is 0 Å². The molecule has 0 aliphatic heterocycles. The number of aryl methyl sites for hydroxylation is 1. The number of rotatable bonds is 5. The molecule has 5 heteroatoms. The van der Waals surface area contributed by atoms with Gasteiger partial charge in [0.15, 0.2) is 0 Å². The van der Waals surface area contributed by atoms with Gasteiger partial charge in [0.2, 0.25) is 0 Å². The molecule has 1 heterocycles. The lowest BCUT2D eigenvalue weighted by atomic mass is 10.1. The Hall–Kier alpha value is -1.36. The molecule has 0 bridgehead atoms. The predicted molar refractivity (Wildman–Crippen MR) is 87.0 cm³/mol. The summed E-state index contributed by atoms with van der Waals surface area (Å²) in [7, 11) is 0. The fraction of sp³-hybridized carbons (Fsp3) is 0.312. The Kier molecular flexibility index (Phi) is 5.39. The van der Waals surface area contributed by atoms with E-state index in [9.17, 15) is 9.90 Å². The molecule has 1 aromatic carbocycles. The number of carbonyl (C=O) groups is 1. The molecule has 112 valence electrons. The highest BCUT2D eigenvalue weighted by Gasteiger charge is 2.17. The molecular formula is C16H18ClNO2S. The van der Waals surface area contributed by atoms with Gasteiger partial charge >= 0.3 is 0 Å². The molecule has 0 spiro atoms. The lowest BCUT2D eigenvalue weighted by Crippen LogP contribution is -2.33. The van der Waals surface area contributed by atoms with Crippen LogP contribution >= 0.6 is 22.9 Å². The Morgan fingerprint density at radius 1 is 1.38 bits per heavy atom. The highest BCUT2D eigenvalue weighted by Crippen LogP contribution is 2.24. The first-order valence-electron chi connectivity index (χ1n) is 6.76. The largest absolute Gasteiger partial charge is 0.387 e. The number of aliphatic hydroxyl groups excluding tert-OH is 1. The number of benzene rings is 1. The van der Waals surface area contributed by atoms with E-state index >= 15 is 0 Å². The number of amides is 1. The van der Waals surface area contributed by atoms with E-state index in [0.717, 1.165) is 10.4 Å². The third-order valence-corrected chi connectivity index (χ3v) is 4.74. The molecule has 1 aromatic heterocycles. The zero-order valence-electron chi connectivity index (χ0n) is 12.0. The van der Waals surface area contributed by atoms with Crippen molar-refractivity contribution >= 4 is 28.8 Å². The summed E-state index contributed by atoms with van der Waals surface area (Å²) in [6.07, 6.45) is -0.0938. The van der Waals surface area contributed by atoms with Gasteiger partial charge in [0.25, 0.3) is 5.91 Å². The first kappa shape index (κ1) is 16.0. The molecule has 0 fully saturated rings. The van der Waals surface area contributed by atoms with Crippen LogP contribution in [0.15, 0.2) is 35.7 Å². The molecule has 0 radical (unpaired) electrons. The van der Waals surface area contributed by atoms with Crippen LogP contribution in [0.5, 0.6) is 0 Å². The van der Waals surface area contributed by atoms with E-state index in [2.05, 4.69) is 5.32 Å². The summed E-state index contributed by atoms with van der Waals surface area (Å²) < 4.78 is 0. The Morgan fingerprint density at radius 2 is 2.14 bits per heavy atom. The van der Waals surface area contributed by atoms with Gasteiger partial charge in [-0.3, -0.25) is 4.79 Å². The molecule has 0 saturated heterocycles. The molecular weight excluding hydrogens is 306 g/mol. The van der Waals surface area contributed by atoms with Gasteiger partial charge in [-0.25, -0.2) is 0 Å². The van der Waals surface area contributed by atoms with Crippen molar-refractivity contribution in [3.05, 3.63) is 56.7 Å². The maximum atomic E-state index is 12.2. The van der Waals surface area contributed by atoms with Gasteiger partial charge in [0, 0.05) is 10.9 Å². The van der Waals surface area contributed by atoms with Gasteiger partial charge in [-0.05, 0) is 43.3 Å². The molecule has 3 nitrogen and oxygen atoms in total. The van der Waals surface area contributed by atoms with Gasteiger partial charge in [0.05, 0.1) is 16.7 Å². The number of hydrogen-bond donors (Lipinski definition) is 2. The molecule has 0 aliphatic carbocycles. The van der Waals surface area contributed by atoms with Gasteiger partial charge < -0.3 is 10.4 Å². The van der Waals surface area contributed by atoms with Crippen LogP contribution in [-0.4, -0.2) is 17.1 Å². The van der Waals surface area contributed by atoms with Crippen molar-refractivity contribution in [2.24, 2.45) is 0 Å². The van der Waals surface area contributed by atoms with Crippen molar-refractivity contribution < 1.29 is 9.90 Å². The van der Waals surface area contributed by atoms with Crippen molar-refractivity contribution in [2.75, 3.05) is 0 Å². The Morgan fingerprint density at radius 3 is 2.81 bits per heavy atom. The monoisotopic (exact) mass is 323 g/mol. The second-order valence-electron chi connectivity index (χ2n) is 5.08. The average Bonchev–Trinajstić information content (AvgIpc) is 2.95. The molecule has 2 atom stereocenters. The third kappa shape index (κ3) is 4.06. The molecule has 21 heavy (non-hydrogen) atoms. The number of thiophene rings is 1. The minimum atomic E-state index is -0.562. The summed E-state index contributed by atoms with van der Waals surface area (Å²) in [4.78, 5) is 13.1. The fourth-order valence-electron chi connectivity index (χ4n) is 2.12. The summed E-state index contributed by atoms with van der Waals surface area (Å²) in [5, 5.41) is 15.4. The summed E-state index contributed by atoms with van der Waals surface area (Å²) >= 11 is 7.66. The SMILES string of the molecule is Cc1cccc(C(=O)NC(C)CC(O)c2cccs2)c1Cl. The fourth-order valence-corrected chi connectivity index (χ4v) is 3.05. The lowest BCUT2D eigenvalue weighted by molar-refractivity contribution is 0.0918. The van der Waals surface area contributed by atoms with Crippen molar-refractivity contribution in [2.45, 2.75) is 32.4 Å². The highest BCUT2D eigenvalue weighted by molar-refractivity contribution is 7.10. The third-order valence-electron chi connectivity index (χ3n) is 3.26. The maximum Gasteiger partial charge on any atom is 0.253 e. The first-order valence-corrected chi connectivity index (χ1v) is 8.02. The van der Waals surface area contributed by atoms with Crippen molar-refractivity contribution in [1.82, 2.24) is 5.32 Å². The van der Waals surface area contributed by atoms with Crippen LogP contribution in [0.3, 0.4) is 0 Å². The minimum absolute atomic E-state index is 0.147. The van der Waals surface area contributed by atoms with E-state index < -0.39 is 6.10 Å². The van der Waals surface area contributed by atoms with Crippen LogP contribution in [0, 0.1) is 6.92 Å². The second-order valence-corrected chi connectivity index (χ2v) is 6.44. The van der Waals surface area contributed by atoms with Crippen LogP contribution in [0.25, 0.3) is 0 Å². The Labute approximate surface area is 133 Å². The molecule has 2 rings (SSSR count). The summed E-state index contributed by atoms with van der Waals surface area (Å²) in [5.74, 6) is -0.213. The van der Waals surface area contributed by atoms with E-state index in [4.69, 9.17) is 11.6 Å². The van der Waals surface area contributed by atoms with Gasteiger partial charge in [-0.15, -0.1) is 11.3 Å². The van der Waals surface area contributed by atoms with E-state index in [1.54, 1.807) is 12.1 Å². The zero-order chi connectivity index (χ0) is 15.4. The van der Waals surface area contributed by atoms with E-state index in [-0.39, 0.29) is 11.9 Å². The molecule has 2 unspecified atom stereocenters. The number of nitrogens with one attached hydrogen (secondary N) is 1. The van der Waals surface area contributed by atoms with E-state index in [1.165, 1.54) is 11.3 Å². The van der Waals surface area contributed by atoms with Crippen molar-refractivity contribution in [3.63, 3.8) is 0 Å². The van der Waals surface area contributed by atoms with E-state index in [1.807, 2.05) is 37.4 Å².